The first-order valence-electron chi connectivity index (χ1n) is 7.71. The normalized spacial score (nSPS) is 28.1. The van der Waals surface area contributed by atoms with Crippen molar-refractivity contribution in [1.82, 2.24) is 9.80 Å². The first kappa shape index (κ1) is 13.9. The molecule has 2 aliphatic rings. The average molecular weight is 252 g/mol. The van der Waals surface area contributed by atoms with Crippen LogP contribution in [0.5, 0.6) is 0 Å². The van der Waals surface area contributed by atoms with Crippen molar-refractivity contribution >= 4 is 5.91 Å². The van der Waals surface area contributed by atoms with Crippen molar-refractivity contribution in [3.05, 3.63) is 0 Å². The number of rotatable bonds is 2. The standard InChI is InChI=1S/C15H28N2O/c1-3-13-8-11-17(12-9-13)15(18)14-7-5-4-6-10-16(14)2/h13-14H,3-12H2,1-2H3. The van der Waals surface area contributed by atoms with Crippen LogP contribution >= 0.6 is 0 Å². The molecule has 2 saturated heterocycles. The molecular weight excluding hydrogens is 224 g/mol. The summed E-state index contributed by atoms with van der Waals surface area (Å²) in [5.74, 6) is 1.25. The molecule has 2 rings (SSSR count). The van der Waals surface area contributed by atoms with Crippen molar-refractivity contribution in [3.63, 3.8) is 0 Å². The van der Waals surface area contributed by atoms with Gasteiger partial charge in [-0.3, -0.25) is 9.69 Å². The Morgan fingerprint density at radius 3 is 2.44 bits per heavy atom. The zero-order valence-corrected chi connectivity index (χ0v) is 12.0. The molecule has 18 heavy (non-hydrogen) atoms. The summed E-state index contributed by atoms with van der Waals surface area (Å²) in [5.41, 5.74) is 0. The first-order valence-corrected chi connectivity index (χ1v) is 7.71. The van der Waals surface area contributed by atoms with Gasteiger partial charge in [0.2, 0.25) is 5.91 Å². The van der Waals surface area contributed by atoms with Crippen molar-refractivity contribution in [2.45, 2.75) is 57.9 Å². The number of likely N-dealkylation sites (N-methyl/N-ethyl adjacent to an activating group) is 1. The van der Waals surface area contributed by atoms with Gasteiger partial charge in [0.05, 0.1) is 6.04 Å². The quantitative estimate of drug-likeness (QED) is 0.754. The van der Waals surface area contributed by atoms with Crippen LogP contribution in [0.4, 0.5) is 0 Å². The predicted octanol–water partition coefficient (Wildman–Crippen LogP) is 2.51. The molecule has 0 N–H and O–H groups in total. The molecule has 2 fully saturated rings. The van der Waals surface area contributed by atoms with Gasteiger partial charge in [0.15, 0.2) is 0 Å². The highest BCUT2D eigenvalue weighted by molar-refractivity contribution is 5.82. The average Bonchev–Trinajstić information content (AvgIpc) is 2.63. The minimum atomic E-state index is 0.158. The Labute approximate surface area is 112 Å². The van der Waals surface area contributed by atoms with Gasteiger partial charge < -0.3 is 4.90 Å². The fourth-order valence-electron chi connectivity index (χ4n) is 3.34. The lowest BCUT2D eigenvalue weighted by Gasteiger charge is -2.36. The monoisotopic (exact) mass is 252 g/mol. The maximum Gasteiger partial charge on any atom is 0.239 e. The molecule has 0 radical (unpaired) electrons. The zero-order chi connectivity index (χ0) is 13.0. The SMILES string of the molecule is CCC1CCN(C(=O)C2CCCCCN2C)CC1. The largest absolute Gasteiger partial charge is 0.341 e. The molecule has 0 aromatic heterocycles. The van der Waals surface area contributed by atoms with Crippen molar-refractivity contribution in [3.8, 4) is 0 Å². The molecule has 2 aliphatic heterocycles. The molecule has 104 valence electrons. The van der Waals surface area contributed by atoms with Gasteiger partial charge in [0, 0.05) is 13.1 Å². The Morgan fingerprint density at radius 1 is 1.06 bits per heavy atom. The summed E-state index contributed by atoms with van der Waals surface area (Å²) in [4.78, 5) is 17.0. The minimum Gasteiger partial charge on any atom is -0.341 e. The number of piperidine rings is 1. The number of likely N-dealkylation sites (tertiary alicyclic amines) is 2. The number of carbonyl (C=O) groups is 1. The van der Waals surface area contributed by atoms with E-state index in [1.54, 1.807) is 0 Å². The fourth-order valence-corrected chi connectivity index (χ4v) is 3.34. The van der Waals surface area contributed by atoms with Gasteiger partial charge in [0.25, 0.3) is 0 Å². The lowest BCUT2D eigenvalue weighted by Crippen LogP contribution is -2.49. The summed E-state index contributed by atoms with van der Waals surface area (Å²) < 4.78 is 0. The van der Waals surface area contributed by atoms with Crippen LogP contribution in [0.15, 0.2) is 0 Å². The van der Waals surface area contributed by atoms with Crippen LogP contribution in [0.3, 0.4) is 0 Å². The van der Waals surface area contributed by atoms with E-state index in [4.69, 9.17) is 0 Å². The molecule has 0 aromatic carbocycles. The third-order valence-electron chi connectivity index (χ3n) is 4.81. The number of carbonyl (C=O) groups excluding carboxylic acids is 1. The predicted molar refractivity (Wildman–Crippen MR) is 74.5 cm³/mol. The summed E-state index contributed by atoms with van der Waals surface area (Å²) >= 11 is 0. The van der Waals surface area contributed by atoms with Crippen LogP contribution in [0.25, 0.3) is 0 Å². The van der Waals surface area contributed by atoms with Gasteiger partial charge in [-0.05, 0) is 45.2 Å². The van der Waals surface area contributed by atoms with E-state index in [9.17, 15) is 4.79 Å². The molecule has 1 amide bonds. The smallest absolute Gasteiger partial charge is 0.239 e. The van der Waals surface area contributed by atoms with Gasteiger partial charge in [-0.15, -0.1) is 0 Å². The fraction of sp³-hybridized carbons (Fsp3) is 0.933. The minimum absolute atomic E-state index is 0.158. The van der Waals surface area contributed by atoms with Gasteiger partial charge in [-0.2, -0.15) is 0 Å². The zero-order valence-electron chi connectivity index (χ0n) is 12.0. The molecule has 3 heteroatoms. The van der Waals surface area contributed by atoms with Crippen molar-refractivity contribution in [2.24, 2.45) is 5.92 Å². The first-order chi connectivity index (χ1) is 8.72. The topological polar surface area (TPSA) is 23.6 Å². The van der Waals surface area contributed by atoms with E-state index in [-0.39, 0.29) is 6.04 Å². The lowest BCUT2D eigenvalue weighted by atomic mass is 9.94. The van der Waals surface area contributed by atoms with E-state index in [1.165, 1.54) is 38.5 Å². The number of hydrogen-bond acceptors (Lipinski definition) is 2. The van der Waals surface area contributed by atoms with E-state index in [1.807, 2.05) is 0 Å². The molecule has 0 bridgehead atoms. The van der Waals surface area contributed by atoms with E-state index >= 15 is 0 Å². The highest BCUT2D eigenvalue weighted by atomic mass is 16.2. The summed E-state index contributed by atoms with van der Waals surface area (Å²) in [6.45, 7) is 5.33. The molecule has 3 nitrogen and oxygen atoms in total. The summed E-state index contributed by atoms with van der Waals surface area (Å²) in [6.07, 6.45) is 8.49. The van der Waals surface area contributed by atoms with Gasteiger partial charge >= 0.3 is 0 Å². The molecule has 0 aliphatic carbocycles. The third kappa shape index (κ3) is 3.25. The van der Waals surface area contributed by atoms with Gasteiger partial charge in [-0.25, -0.2) is 0 Å². The number of nitrogens with zero attached hydrogens (tertiary/aromatic N) is 2. The lowest BCUT2D eigenvalue weighted by molar-refractivity contribution is -0.138. The molecular formula is C15H28N2O. The summed E-state index contributed by atoms with van der Waals surface area (Å²) in [5, 5.41) is 0. The second kappa shape index (κ2) is 6.55. The molecule has 1 unspecified atom stereocenters. The van der Waals surface area contributed by atoms with E-state index in [0.717, 1.165) is 32.0 Å². The van der Waals surface area contributed by atoms with E-state index in [2.05, 4.69) is 23.8 Å². The molecule has 2 heterocycles. The van der Waals surface area contributed by atoms with Crippen molar-refractivity contribution < 1.29 is 4.79 Å². The Balaban J connectivity index is 1.90. The van der Waals surface area contributed by atoms with Crippen LogP contribution in [-0.4, -0.2) is 48.4 Å². The molecule has 1 atom stereocenters. The van der Waals surface area contributed by atoms with Crippen LogP contribution in [0, 0.1) is 5.92 Å². The number of hydrogen-bond donors (Lipinski definition) is 0. The van der Waals surface area contributed by atoms with Crippen LogP contribution in [0.1, 0.15) is 51.9 Å². The van der Waals surface area contributed by atoms with E-state index < -0.39 is 0 Å². The highest BCUT2D eigenvalue weighted by Crippen LogP contribution is 2.23. The second-order valence-corrected chi connectivity index (χ2v) is 6.02. The highest BCUT2D eigenvalue weighted by Gasteiger charge is 2.30. The molecule has 0 spiro atoms. The van der Waals surface area contributed by atoms with Crippen LogP contribution in [-0.2, 0) is 4.79 Å². The van der Waals surface area contributed by atoms with Gasteiger partial charge in [0.1, 0.15) is 0 Å². The number of amides is 1. The Bertz CT molecular complexity index is 272. The summed E-state index contributed by atoms with van der Waals surface area (Å²) in [7, 11) is 2.12. The maximum absolute atomic E-state index is 12.6. The van der Waals surface area contributed by atoms with E-state index in [0.29, 0.717) is 5.91 Å². The Morgan fingerprint density at radius 2 is 1.78 bits per heavy atom. The second-order valence-electron chi connectivity index (χ2n) is 6.02. The van der Waals surface area contributed by atoms with Gasteiger partial charge in [-0.1, -0.05) is 26.2 Å². The van der Waals surface area contributed by atoms with Crippen LogP contribution < -0.4 is 0 Å². The Kier molecular flexibility index (Phi) is 5.04. The van der Waals surface area contributed by atoms with Crippen molar-refractivity contribution in [2.75, 3.05) is 26.7 Å². The molecule has 0 saturated carbocycles. The third-order valence-corrected chi connectivity index (χ3v) is 4.81. The van der Waals surface area contributed by atoms with Crippen molar-refractivity contribution in [1.29, 1.82) is 0 Å². The van der Waals surface area contributed by atoms with Crippen LogP contribution in [0.2, 0.25) is 0 Å². The molecule has 0 aromatic rings. The Hall–Kier alpha value is -0.570. The maximum atomic E-state index is 12.6. The summed E-state index contributed by atoms with van der Waals surface area (Å²) in [6, 6.07) is 0.158.